The van der Waals surface area contributed by atoms with Gasteiger partial charge in [-0.2, -0.15) is 4.31 Å². The number of hydrogen-bond donors (Lipinski definition) is 1. The van der Waals surface area contributed by atoms with Crippen LogP contribution in [0, 0.1) is 6.92 Å². The molecule has 1 N–H and O–H groups in total. The van der Waals surface area contributed by atoms with Crippen LogP contribution in [-0.2, 0) is 10.0 Å². The third-order valence-electron chi connectivity index (χ3n) is 2.25. The Hall–Kier alpha value is -0.620. The van der Waals surface area contributed by atoms with Crippen LogP contribution in [-0.4, -0.2) is 38.0 Å². The summed E-state index contributed by atoms with van der Waals surface area (Å²) < 4.78 is 25.0. The van der Waals surface area contributed by atoms with E-state index in [4.69, 9.17) is 16.7 Å². The third kappa shape index (κ3) is 2.74. The highest BCUT2D eigenvalue weighted by Crippen LogP contribution is 2.21. The molecule has 0 unspecified atom stereocenters. The number of aryl methyl sites for hydroxylation is 1. The molecule has 4 nitrogen and oxygen atoms in total. The highest BCUT2D eigenvalue weighted by Gasteiger charge is 2.20. The maximum atomic E-state index is 12.0. The quantitative estimate of drug-likeness (QED) is 0.890. The van der Waals surface area contributed by atoms with Gasteiger partial charge in [0, 0.05) is 18.6 Å². The Morgan fingerprint density at radius 1 is 1.44 bits per heavy atom. The summed E-state index contributed by atoms with van der Waals surface area (Å²) in [6.07, 6.45) is 0. The minimum Gasteiger partial charge on any atom is -0.395 e. The van der Waals surface area contributed by atoms with Crippen molar-refractivity contribution in [2.24, 2.45) is 0 Å². The maximum Gasteiger partial charge on any atom is 0.242 e. The average molecular weight is 264 g/mol. The largest absolute Gasteiger partial charge is 0.395 e. The van der Waals surface area contributed by atoms with Crippen molar-refractivity contribution >= 4 is 21.6 Å². The maximum absolute atomic E-state index is 12.0. The molecule has 0 fully saturated rings. The Morgan fingerprint density at radius 3 is 2.56 bits per heavy atom. The van der Waals surface area contributed by atoms with Crippen molar-refractivity contribution in [3.05, 3.63) is 28.8 Å². The second-order valence-corrected chi connectivity index (χ2v) is 5.91. The molecule has 1 aromatic carbocycles. The molecule has 6 heteroatoms. The molecule has 90 valence electrons. The Morgan fingerprint density at radius 2 is 2.06 bits per heavy atom. The first-order valence-corrected chi connectivity index (χ1v) is 6.54. The van der Waals surface area contributed by atoms with Crippen molar-refractivity contribution in [1.29, 1.82) is 0 Å². The first-order chi connectivity index (χ1) is 7.39. The first-order valence-electron chi connectivity index (χ1n) is 4.73. The summed E-state index contributed by atoms with van der Waals surface area (Å²) in [7, 11) is -2.10. The van der Waals surface area contributed by atoms with Gasteiger partial charge in [-0.1, -0.05) is 11.6 Å². The molecule has 0 bridgehead atoms. The van der Waals surface area contributed by atoms with Gasteiger partial charge in [0.05, 0.1) is 11.5 Å². The first kappa shape index (κ1) is 13.4. The van der Waals surface area contributed by atoms with Crippen LogP contribution in [0.5, 0.6) is 0 Å². The van der Waals surface area contributed by atoms with Gasteiger partial charge < -0.3 is 5.11 Å². The minimum atomic E-state index is -3.53. The standard InChI is InChI=1S/C10H14ClNO3S/c1-8-7-9(3-4-10(8)11)16(14,15)12(2)5-6-13/h3-4,7,13H,5-6H2,1-2H3. The average Bonchev–Trinajstić information content (AvgIpc) is 2.22. The summed E-state index contributed by atoms with van der Waals surface area (Å²) in [5, 5.41) is 9.25. The van der Waals surface area contributed by atoms with Crippen LogP contribution in [0.3, 0.4) is 0 Å². The highest BCUT2D eigenvalue weighted by atomic mass is 35.5. The van der Waals surface area contributed by atoms with E-state index in [1.165, 1.54) is 19.2 Å². The van der Waals surface area contributed by atoms with Gasteiger partial charge in [0.1, 0.15) is 0 Å². The molecule has 16 heavy (non-hydrogen) atoms. The van der Waals surface area contributed by atoms with Gasteiger partial charge in [0.2, 0.25) is 10.0 Å². The molecule has 0 amide bonds. The number of sulfonamides is 1. The lowest BCUT2D eigenvalue weighted by atomic mass is 10.2. The number of aliphatic hydroxyl groups excluding tert-OH is 1. The number of hydrogen-bond acceptors (Lipinski definition) is 3. The Balaban J connectivity index is 3.12. The molecule has 0 aliphatic carbocycles. The molecule has 0 spiro atoms. The fraction of sp³-hybridized carbons (Fsp3) is 0.400. The van der Waals surface area contributed by atoms with E-state index in [-0.39, 0.29) is 18.0 Å². The number of likely N-dealkylation sites (N-methyl/N-ethyl adjacent to an activating group) is 1. The summed E-state index contributed by atoms with van der Waals surface area (Å²) in [6, 6.07) is 4.53. The van der Waals surface area contributed by atoms with Crippen LogP contribution in [0.1, 0.15) is 5.56 Å². The van der Waals surface area contributed by atoms with Crippen molar-refractivity contribution in [1.82, 2.24) is 4.31 Å². The predicted octanol–water partition coefficient (Wildman–Crippen LogP) is 1.26. The van der Waals surface area contributed by atoms with E-state index in [1.54, 1.807) is 13.0 Å². The Bertz CT molecular complexity index is 473. The fourth-order valence-electron chi connectivity index (χ4n) is 1.22. The normalized spacial score (nSPS) is 12.1. The summed E-state index contributed by atoms with van der Waals surface area (Å²) >= 11 is 5.82. The van der Waals surface area contributed by atoms with Gasteiger partial charge in [-0.3, -0.25) is 0 Å². The molecule has 1 rings (SSSR count). The number of benzene rings is 1. The van der Waals surface area contributed by atoms with Gasteiger partial charge in [-0.25, -0.2) is 8.42 Å². The number of rotatable bonds is 4. The van der Waals surface area contributed by atoms with Crippen molar-refractivity contribution in [3.8, 4) is 0 Å². The monoisotopic (exact) mass is 263 g/mol. The predicted molar refractivity (Wildman–Crippen MR) is 63.1 cm³/mol. The zero-order chi connectivity index (χ0) is 12.3. The van der Waals surface area contributed by atoms with Crippen LogP contribution in [0.2, 0.25) is 5.02 Å². The topological polar surface area (TPSA) is 57.6 Å². The third-order valence-corrected chi connectivity index (χ3v) is 4.53. The van der Waals surface area contributed by atoms with E-state index in [2.05, 4.69) is 0 Å². The molecule has 0 radical (unpaired) electrons. The van der Waals surface area contributed by atoms with Gasteiger partial charge in [0.25, 0.3) is 0 Å². The molecule has 0 aliphatic heterocycles. The molecular formula is C10H14ClNO3S. The lowest BCUT2D eigenvalue weighted by Crippen LogP contribution is -2.29. The molecule has 0 aromatic heterocycles. The summed E-state index contributed by atoms with van der Waals surface area (Å²) in [4.78, 5) is 0.186. The molecule has 0 aliphatic rings. The molecule has 0 heterocycles. The van der Waals surface area contributed by atoms with Crippen LogP contribution in [0.25, 0.3) is 0 Å². The summed E-state index contributed by atoms with van der Waals surface area (Å²) in [5.41, 5.74) is 0.708. The van der Waals surface area contributed by atoms with E-state index >= 15 is 0 Å². The highest BCUT2D eigenvalue weighted by molar-refractivity contribution is 7.89. The van der Waals surface area contributed by atoms with Gasteiger partial charge in [0.15, 0.2) is 0 Å². The van der Waals surface area contributed by atoms with Crippen LogP contribution in [0.15, 0.2) is 23.1 Å². The number of aliphatic hydroxyl groups is 1. The fourth-order valence-corrected chi connectivity index (χ4v) is 2.58. The van der Waals surface area contributed by atoms with Gasteiger partial charge >= 0.3 is 0 Å². The van der Waals surface area contributed by atoms with E-state index in [0.29, 0.717) is 10.6 Å². The number of nitrogens with zero attached hydrogens (tertiary/aromatic N) is 1. The second kappa shape index (κ2) is 5.14. The van der Waals surface area contributed by atoms with Crippen molar-refractivity contribution < 1.29 is 13.5 Å². The number of halogens is 1. The van der Waals surface area contributed by atoms with Gasteiger partial charge in [-0.05, 0) is 30.7 Å². The minimum absolute atomic E-state index is 0.0734. The van der Waals surface area contributed by atoms with Crippen LogP contribution < -0.4 is 0 Å². The van der Waals surface area contributed by atoms with Crippen LogP contribution >= 0.6 is 11.6 Å². The van der Waals surface area contributed by atoms with E-state index in [1.807, 2.05) is 0 Å². The van der Waals surface area contributed by atoms with E-state index < -0.39 is 10.0 Å². The summed E-state index contributed by atoms with van der Waals surface area (Å²) in [6.45, 7) is 1.61. The van der Waals surface area contributed by atoms with Crippen LogP contribution in [0.4, 0.5) is 0 Å². The summed E-state index contributed by atoms with van der Waals surface area (Å²) in [5.74, 6) is 0. The van der Waals surface area contributed by atoms with Crippen molar-refractivity contribution in [3.63, 3.8) is 0 Å². The molecule has 0 atom stereocenters. The Kier molecular flexibility index (Phi) is 4.32. The molecule has 0 saturated heterocycles. The lowest BCUT2D eigenvalue weighted by Gasteiger charge is -2.16. The molecule has 1 aromatic rings. The molecule has 0 saturated carbocycles. The zero-order valence-electron chi connectivity index (χ0n) is 9.14. The van der Waals surface area contributed by atoms with E-state index in [0.717, 1.165) is 4.31 Å². The van der Waals surface area contributed by atoms with Crippen molar-refractivity contribution in [2.45, 2.75) is 11.8 Å². The second-order valence-electron chi connectivity index (χ2n) is 3.46. The van der Waals surface area contributed by atoms with Gasteiger partial charge in [-0.15, -0.1) is 0 Å². The smallest absolute Gasteiger partial charge is 0.242 e. The molecular weight excluding hydrogens is 250 g/mol. The van der Waals surface area contributed by atoms with Crippen molar-refractivity contribution in [2.75, 3.05) is 20.2 Å². The Labute approximate surface area is 101 Å². The SMILES string of the molecule is Cc1cc(S(=O)(=O)N(C)CCO)ccc1Cl. The van der Waals surface area contributed by atoms with E-state index in [9.17, 15) is 8.42 Å². The lowest BCUT2D eigenvalue weighted by molar-refractivity contribution is 0.266. The zero-order valence-corrected chi connectivity index (χ0v) is 10.7.